The molecular formula is C61H119N2O6P. The van der Waals surface area contributed by atoms with Gasteiger partial charge in [0, 0.05) is 6.42 Å². The second kappa shape index (κ2) is 52.6. The summed E-state index contributed by atoms with van der Waals surface area (Å²) in [6.07, 6.45) is 68.6. The Balaban J connectivity index is 3.79. The van der Waals surface area contributed by atoms with Crippen LogP contribution in [0.1, 0.15) is 296 Å². The maximum atomic E-state index is 12.9. The predicted octanol–water partition coefficient (Wildman–Crippen LogP) is 17.9. The first-order valence-electron chi connectivity index (χ1n) is 30.4. The molecule has 9 heteroatoms. The molecule has 0 aromatic carbocycles. The first-order chi connectivity index (χ1) is 34.0. The number of carbonyl (C=O) groups is 1. The number of hydrogen-bond acceptors (Lipinski definition) is 6. The van der Waals surface area contributed by atoms with Crippen molar-refractivity contribution < 1.29 is 32.9 Å². The lowest BCUT2D eigenvalue weighted by Gasteiger charge is -2.29. The average molecular weight is 1010 g/mol. The lowest BCUT2D eigenvalue weighted by molar-refractivity contribution is -0.870. The number of nitrogens with zero attached hydrogens (tertiary/aromatic N) is 1. The number of phosphoric acid groups is 1. The highest BCUT2D eigenvalue weighted by Crippen LogP contribution is 2.38. The minimum Gasteiger partial charge on any atom is -0.756 e. The monoisotopic (exact) mass is 1010 g/mol. The number of allylic oxidation sites excluding steroid dienone is 5. The van der Waals surface area contributed by atoms with Gasteiger partial charge in [-0.3, -0.25) is 9.36 Å². The Morgan fingerprint density at radius 1 is 0.486 bits per heavy atom. The maximum absolute atomic E-state index is 12.9. The molecule has 0 fully saturated rings. The van der Waals surface area contributed by atoms with Gasteiger partial charge in [0.15, 0.2) is 0 Å². The Labute approximate surface area is 436 Å². The summed E-state index contributed by atoms with van der Waals surface area (Å²) in [5.74, 6) is -0.207. The first kappa shape index (κ1) is 68.7. The molecule has 3 atom stereocenters. The third-order valence-corrected chi connectivity index (χ3v) is 14.8. The van der Waals surface area contributed by atoms with Crippen LogP contribution in [0.25, 0.3) is 0 Å². The molecule has 0 saturated heterocycles. The number of amides is 1. The van der Waals surface area contributed by atoms with Crippen molar-refractivity contribution in [1.82, 2.24) is 5.32 Å². The fraction of sp³-hybridized carbons (Fsp3) is 0.885. The Morgan fingerprint density at radius 3 is 1.19 bits per heavy atom. The minimum absolute atomic E-state index is 0.00568. The molecule has 1 amide bonds. The molecular weight excluding hydrogens is 888 g/mol. The predicted molar refractivity (Wildman–Crippen MR) is 302 cm³/mol. The third-order valence-electron chi connectivity index (χ3n) is 13.8. The Morgan fingerprint density at radius 2 is 0.800 bits per heavy atom. The van der Waals surface area contributed by atoms with E-state index >= 15 is 0 Å². The van der Waals surface area contributed by atoms with Gasteiger partial charge in [-0.1, -0.05) is 269 Å². The zero-order valence-corrected chi connectivity index (χ0v) is 48.1. The van der Waals surface area contributed by atoms with E-state index in [2.05, 4.69) is 43.5 Å². The van der Waals surface area contributed by atoms with Crippen LogP contribution >= 0.6 is 7.82 Å². The van der Waals surface area contributed by atoms with Crippen LogP contribution in [0, 0.1) is 0 Å². The highest BCUT2D eigenvalue weighted by molar-refractivity contribution is 7.45. The van der Waals surface area contributed by atoms with Gasteiger partial charge in [-0.15, -0.1) is 0 Å². The van der Waals surface area contributed by atoms with Crippen molar-refractivity contribution >= 4 is 13.7 Å². The lowest BCUT2D eigenvalue weighted by Crippen LogP contribution is -2.45. The number of likely N-dealkylation sites (N-methyl/N-ethyl adjacent to an activating group) is 1. The molecule has 2 N–H and O–H groups in total. The molecule has 0 spiro atoms. The molecule has 0 bridgehead atoms. The van der Waals surface area contributed by atoms with Gasteiger partial charge >= 0.3 is 0 Å². The highest BCUT2D eigenvalue weighted by Gasteiger charge is 2.23. The van der Waals surface area contributed by atoms with Gasteiger partial charge in [0.2, 0.25) is 5.91 Å². The Bertz CT molecular complexity index is 1230. The number of phosphoric ester groups is 1. The minimum atomic E-state index is -4.59. The molecule has 0 aromatic heterocycles. The molecule has 0 aliphatic rings. The molecule has 0 aliphatic carbocycles. The molecule has 8 nitrogen and oxygen atoms in total. The number of quaternary nitrogens is 1. The van der Waals surface area contributed by atoms with Crippen LogP contribution in [0.4, 0.5) is 0 Å². The summed E-state index contributed by atoms with van der Waals surface area (Å²) in [5.41, 5.74) is 0. The number of aliphatic hydroxyl groups is 1. The quantitative estimate of drug-likeness (QED) is 0.0272. The number of unbranched alkanes of at least 4 members (excludes halogenated alkanes) is 39. The van der Waals surface area contributed by atoms with Gasteiger partial charge < -0.3 is 28.8 Å². The summed E-state index contributed by atoms with van der Waals surface area (Å²) < 4.78 is 23.2. The van der Waals surface area contributed by atoms with Gasteiger partial charge in [-0.25, -0.2) is 0 Å². The Hall–Kier alpha value is -1.28. The zero-order valence-electron chi connectivity index (χ0n) is 47.2. The molecule has 3 unspecified atom stereocenters. The van der Waals surface area contributed by atoms with Crippen LogP contribution in [0.2, 0.25) is 0 Å². The summed E-state index contributed by atoms with van der Waals surface area (Å²) in [4.78, 5) is 25.3. The molecule has 0 saturated carbocycles. The molecule has 0 heterocycles. The molecule has 0 aliphatic heterocycles. The number of rotatable bonds is 56. The van der Waals surface area contributed by atoms with E-state index in [0.717, 1.165) is 38.5 Å². The lowest BCUT2D eigenvalue weighted by atomic mass is 10.0. The summed E-state index contributed by atoms with van der Waals surface area (Å²) in [7, 11) is 1.25. The van der Waals surface area contributed by atoms with Crippen molar-refractivity contribution in [1.29, 1.82) is 0 Å². The molecule has 414 valence electrons. The molecule has 0 radical (unpaired) electrons. The van der Waals surface area contributed by atoms with Crippen LogP contribution in [0.3, 0.4) is 0 Å². The van der Waals surface area contributed by atoms with Crippen LogP contribution in [-0.4, -0.2) is 68.5 Å². The second-order valence-electron chi connectivity index (χ2n) is 22.0. The first-order valence-corrected chi connectivity index (χ1v) is 31.8. The van der Waals surface area contributed by atoms with E-state index in [1.807, 2.05) is 27.2 Å². The van der Waals surface area contributed by atoms with Crippen molar-refractivity contribution in [3.8, 4) is 0 Å². The standard InChI is InChI=1S/C61H119N2O6P/c1-6-8-10-12-14-16-17-18-19-20-21-22-23-24-25-26-27-28-29-30-31-32-33-34-35-36-37-38-39-40-41-42-43-44-45-47-49-51-53-55-61(65)62-59(58-69-70(66,67)68-57-56-63(3,4)5)60(64)54-52-50-48-46-15-13-11-9-7-2/h15,30-31,46,52,54,59-60,64H,6-14,16-29,32-45,47-51,53,55-58H2,1-5H3,(H-,62,65,66,67)/b31-30-,46-15+,54-52+. The summed E-state index contributed by atoms with van der Waals surface area (Å²) >= 11 is 0. The summed E-state index contributed by atoms with van der Waals surface area (Å²) in [6.45, 7) is 4.59. The van der Waals surface area contributed by atoms with E-state index in [9.17, 15) is 19.4 Å². The number of carbonyl (C=O) groups excluding carboxylic acids is 1. The van der Waals surface area contributed by atoms with Gasteiger partial charge in [0.05, 0.1) is 39.9 Å². The van der Waals surface area contributed by atoms with Crippen molar-refractivity contribution in [2.24, 2.45) is 0 Å². The van der Waals surface area contributed by atoms with Crippen molar-refractivity contribution in [2.75, 3.05) is 40.9 Å². The van der Waals surface area contributed by atoms with E-state index in [1.165, 1.54) is 238 Å². The molecule has 0 aromatic rings. The third kappa shape index (κ3) is 54.5. The SMILES string of the molecule is CCCCC/C=C/CC/C=C/C(O)C(COP(=O)([O-])OCC[N+](C)(C)C)NC(=O)CCCCCCCCCCCCCCCCCCC/C=C\CCCCCCCCCCCCCCCCCCCC. The second-order valence-corrected chi connectivity index (χ2v) is 23.5. The smallest absolute Gasteiger partial charge is 0.268 e. The van der Waals surface area contributed by atoms with Crippen LogP contribution < -0.4 is 10.2 Å². The highest BCUT2D eigenvalue weighted by atomic mass is 31.2. The van der Waals surface area contributed by atoms with E-state index < -0.39 is 26.6 Å². The summed E-state index contributed by atoms with van der Waals surface area (Å²) in [5, 5.41) is 13.7. The number of aliphatic hydroxyl groups excluding tert-OH is 1. The number of nitrogens with one attached hydrogen (secondary N) is 1. The fourth-order valence-electron chi connectivity index (χ4n) is 9.05. The van der Waals surface area contributed by atoms with E-state index in [-0.39, 0.29) is 12.5 Å². The van der Waals surface area contributed by atoms with E-state index in [4.69, 9.17) is 9.05 Å². The molecule has 0 rings (SSSR count). The van der Waals surface area contributed by atoms with Crippen LogP contribution in [0.15, 0.2) is 36.5 Å². The van der Waals surface area contributed by atoms with Gasteiger partial charge in [-0.2, -0.15) is 0 Å². The fourth-order valence-corrected chi connectivity index (χ4v) is 9.77. The zero-order chi connectivity index (χ0) is 51.3. The van der Waals surface area contributed by atoms with Gasteiger partial charge in [-0.05, 0) is 57.8 Å². The van der Waals surface area contributed by atoms with Crippen molar-refractivity contribution in [2.45, 2.75) is 309 Å². The summed E-state index contributed by atoms with van der Waals surface area (Å²) in [6, 6.07) is -0.900. The average Bonchev–Trinajstić information content (AvgIpc) is 3.32. The van der Waals surface area contributed by atoms with Gasteiger partial charge in [0.25, 0.3) is 7.82 Å². The topological polar surface area (TPSA) is 108 Å². The van der Waals surface area contributed by atoms with Crippen LogP contribution in [-0.2, 0) is 18.4 Å². The van der Waals surface area contributed by atoms with Crippen molar-refractivity contribution in [3.63, 3.8) is 0 Å². The normalized spacial score (nSPS) is 14.1. The van der Waals surface area contributed by atoms with E-state index in [1.54, 1.807) is 6.08 Å². The van der Waals surface area contributed by atoms with Crippen LogP contribution in [0.5, 0.6) is 0 Å². The number of hydrogen-bond donors (Lipinski definition) is 2. The van der Waals surface area contributed by atoms with Crippen molar-refractivity contribution in [3.05, 3.63) is 36.5 Å². The largest absolute Gasteiger partial charge is 0.756 e. The van der Waals surface area contributed by atoms with E-state index in [0.29, 0.717) is 17.4 Å². The molecule has 70 heavy (non-hydrogen) atoms. The Kier molecular flexibility index (Phi) is 51.6. The maximum Gasteiger partial charge on any atom is 0.268 e. The van der Waals surface area contributed by atoms with Gasteiger partial charge in [0.1, 0.15) is 13.2 Å².